The molecular weight excluding hydrogens is 216 g/mol. The Bertz CT molecular complexity index is 579. The molecule has 0 saturated carbocycles. The Balaban J connectivity index is 2.63. The number of carboxylic acid groups (broad SMARTS) is 1. The molecule has 2 rings (SSSR count). The Hall–Kier alpha value is -2.23. The number of aromatic nitrogens is 2. The summed E-state index contributed by atoms with van der Waals surface area (Å²) >= 11 is 0. The highest BCUT2D eigenvalue weighted by Crippen LogP contribution is 2.25. The lowest BCUT2D eigenvalue weighted by atomic mass is 9.99. The summed E-state index contributed by atoms with van der Waals surface area (Å²) in [6, 6.07) is 3.48. The van der Waals surface area contributed by atoms with Crippen molar-refractivity contribution >= 4 is 5.97 Å². The van der Waals surface area contributed by atoms with Crippen LogP contribution < -0.4 is 0 Å². The molecular formula is C13H12N2O2. The van der Waals surface area contributed by atoms with E-state index in [2.05, 4.69) is 9.97 Å². The lowest BCUT2D eigenvalue weighted by molar-refractivity contribution is 0.0690. The quantitative estimate of drug-likeness (QED) is 0.857. The van der Waals surface area contributed by atoms with E-state index in [9.17, 15) is 4.79 Å². The second-order valence-electron chi connectivity index (χ2n) is 3.88. The first-order valence-electron chi connectivity index (χ1n) is 5.20. The zero-order valence-electron chi connectivity index (χ0n) is 9.64. The van der Waals surface area contributed by atoms with Crippen molar-refractivity contribution in [3.63, 3.8) is 0 Å². The highest BCUT2D eigenvalue weighted by Gasteiger charge is 2.10. The second-order valence-corrected chi connectivity index (χ2v) is 3.88. The topological polar surface area (TPSA) is 63.1 Å². The van der Waals surface area contributed by atoms with Gasteiger partial charge in [0.15, 0.2) is 0 Å². The van der Waals surface area contributed by atoms with Crippen molar-refractivity contribution in [3.8, 4) is 11.1 Å². The monoisotopic (exact) mass is 228 g/mol. The van der Waals surface area contributed by atoms with E-state index in [1.165, 1.54) is 0 Å². The summed E-state index contributed by atoms with van der Waals surface area (Å²) < 4.78 is 0. The van der Waals surface area contributed by atoms with Crippen molar-refractivity contribution in [1.82, 2.24) is 9.97 Å². The summed E-state index contributed by atoms with van der Waals surface area (Å²) in [6.07, 6.45) is 5.03. The summed E-state index contributed by atoms with van der Waals surface area (Å²) in [6.45, 7) is 3.87. The average molecular weight is 228 g/mol. The standard InChI is InChI=1S/C13H12N2O2/c1-8-3-4-14-7-11(8)10-5-12(13(16)17)15-6-9(10)2/h3-7H,1-2H3,(H,16,17). The highest BCUT2D eigenvalue weighted by atomic mass is 16.4. The zero-order chi connectivity index (χ0) is 12.4. The van der Waals surface area contributed by atoms with Crippen LogP contribution in [0.1, 0.15) is 21.6 Å². The molecule has 1 N–H and O–H groups in total. The van der Waals surface area contributed by atoms with Gasteiger partial charge in [0.05, 0.1) is 0 Å². The molecule has 0 amide bonds. The molecule has 0 aromatic carbocycles. The molecule has 0 spiro atoms. The lowest BCUT2D eigenvalue weighted by Crippen LogP contribution is -2.01. The molecule has 4 heteroatoms. The van der Waals surface area contributed by atoms with E-state index in [1.807, 2.05) is 19.9 Å². The summed E-state index contributed by atoms with van der Waals surface area (Å²) in [5.74, 6) is -1.02. The van der Waals surface area contributed by atoms with Crippen molar-refractivity contribution < 1.29 is 9.90 Å². The SMILES string of the molecule is Cc1ccncc1-c1cc(C(=O)O)ncc1C. The fourth-order valence-corrected chi connectivity index (χ4v) is 1.68. The highest BCUT2D eigenvalue weighted by molar-refractivity contribution is 5.87. The van der Waals surface area contributed by atoms with Crippen LogP contribution in [-0.4, -0.2) is 21.0 Å². The van der Waals surface area contributed by atoms with Crippen LogP contribution in [0.3, 0.4) is 0 Å². The van der Waals surface area contributed by atoms with Gasteiger partial charge in [-0.05, 0) is 42.7 Å². The second kappa shape index (κ2) is 4.33. The molecule has 0 bridgehead atoms. The molecule has 0 aliphatic heterocycles. The van der Waals surface area contributed by atoms with Crippen molar-refractivity contribution in [2.75, 3.05) is 0 Å². The van der Waals surface area contributed by atoms with Gasteiger partial charge in [0, 0.05) is 24.2 Å². The Morgan fingerprint density at radius 2 is 1.94 bits per heavy atom. The van der Waals surface area contributed by atoms with Crippen molar-refractivity contribution in [1.29, 1.82) is 0 Å². The summed E-state index contributed by atoms with van der Waals surface area (Å²) in [7, 11) is 0. The summed E-state index contributed by atoms with van der Waals surface area (Å²) in [5, 5.41) is 8.94. The van der Waals surface area contributed by atoms with Crippen LogP contribution in [0.2, 0.25) is 0 Å². The minimum Gasteiger partial charge on any atom is -0.477 e. The molecule has 86 valence electrons. The Morgan fingerprint density at radius 3 is 2.59 bits per heavy atom. The van der Waals surface area contributed by atoms with Gasteiger partial charge < -0.3 is 5.11 Å². The zero-order valence-corrected chi connectivity index (χ0v) is 9.64. The van der Waals surface area contributed by atoms with Crippen LogP contribution in [0.15, 0.2) is 30.7 Å². The molecule has 0 aliphatic carbocycles. The number of hydrogen-bond acceptors (Lipinski definition) is 3. The van der Waals surface area contributed by atoms with Crippen LogP contribution in [-0.2, 0) is 0 Å². The fraction of sp³-hybridized carbons (Fsp3) is 0.154. The molecule has 0 atom stereocenters. The minimum absolute atomic E-state index is 0.0499. The number of aromatic carboxylic acids is 1. The van der Waals surface area contributed by atoms with Crippen LogP contribution in [0.5, 0.6) is 0 Å². The van der Waals surface area contributed by atoms with Gasteiger partial charge in [0.25, 0.3) is 0 Å². The van der Waals surface area contributed by atoms with Gasteiger partial charge >= 0.3 is 5.97 Å². The minimum atomic E-state index is -1.02. The third kappa shape index (κ3) is 2.15. The normalized spacial score (nSPS) is 10.2. The maximum atomic E-state index is 10.9. The molecule has 2 aromatic rings. The molecule has 0 radical (unpaired) electrons. The Labute approximate surface area is 99.0 Å². The number of nitrogens with zero attached hydrogens (tertiary/aromatic N) is 2. The van der Waals surface area contributed by atoms with Gasteiger partial charge in [-0.15, -0.1) is 0 Å². The van der Waals surface area contributed by atoms with Crippen molar-refractivity contribution in [2.45, 2.75) is 13.8 Å². The first-order valence-corrected chi connectivity index (χ1v) is 5.20. The average Bonchev–Trinajstić information content (AvgIpc) is 2.30. The molecule has 0 unspecified atom stereocenters. The lowest BCUT2D eigenvalue weighted by Gasteiger charge is -2.08. The van der Waals surface area contributed by atoms with Gasteiger partial charge in [-0.1, -0.05) is 0 Å². The van der Waals surface area contributed by atoms with Gasteiger partial charge in [0.1, 0.15) is 5.69 Å². The predicted molar refractivity (Wildman–Crippen MR) is 63.9 cm³/mol. The molecule has 4 nitrogen and oxygen atoms in total. The van der Waals surface area contributed by atoms with Gasteiger partial charge in [-0.2, -0.15) is 0 Å². The van der Waals surface area contributed by atoms with Crippen molar-refractivity contribution in [2.24, 2.45) is 0 Å². The van der Waals surface area contributed by atoms with Crippen LogP contribution in [0.25, 0.3) is 11.1 Å². The molecule has 17 heavy (non-hydrogen) atoms. The van der Waals surface area contributed by atoms with Crippen molar-refractivity contribution in [3.05, 3.63) is 47.5 Å². The summed E-state index contributed by atoms with van der Waals surface area (Å²) in [4.78, 5) is 18.8. The fourth-order valence-electron chi connectivity index (χ4n) is 1.68. The Kier molecular flexibility index (Phi) is 2.87. The number of aryl methyl sites for hydroxylation is 2. The molecule has 0 saturated heterocycles. The molecule has 0 aliphatic rings. The third-order valence-electron chi connectivity index (χ3n) is 2.65. The Morgan fingerprint density at radius 1 is 1.18 bits per heavy atom. The van der Waals surface area contributed by atoms with E-state index < -0.39 is 5.97 Å². The first kappa shape index (κ1) is 11.3. The predicted octanol–water partition coefficient (Wildman–Crippen LogP) is 2.46. The van der Waals surface area contributed by atoms with E-state index in [4.69, 9.17) is 5.11 Å². The van der Waals surface area contributed by atoms with Gasteiger partial charge in [0.2, 0.25) is 0 Å². The van der Waals surface area contributed by atoms with E-state index in [1.54, 1.807) is 24.7 Å². The van der Waals surface area contributed by atoms with Gasteiger partial charge in [-0.25, -0.2) is 9.78 Å². The summed E-state index contributed by atoms with van der Waals surface area (Å²) in [5.41, 5.74) is 3.85. The van der Waals surface area contributed by atoms with E-state index in [-0.39, 0.29) is 5.69 Å². The number of carbonyl (C=O) groups is 1. The first-order chi connectivity index (χ1) is 8.09. The molecule has 0 fully saturated rings. The number of hydrogen-bond donors (Lipinski definition) is 1. The van der Waals surface area contributed by atoms with Gasteiger partial charge in [-0.3, -0.25) is 4.98 Å². The largest absolute Gasteiger partial charge is 0.477 e. The number of rotatable bonds is 2. The number of carboxylic acids is 1. The maximum Gasteiger partial charge on any atom is 0.354 e. The van der Waals surface area contributed by atoms with Crippen LogP contribution in [0, 0.1) is 13.8 Å². The van der Waals surface area contributed by atoms with Crippen LogP contribution in [0.4, 0.5) is 0 Å². The molecule has 2 heterocycles. The maximum absolute atomic E-state index is 10.9. The van der Waals surface area contributed by atoms with E-state index in [0.29, 0.717) is 0 Å². The van der Waals surface area contributed by atoms with E-state index >= 15 is 0 Å². The smallest absolute Gasteiger partial charge is 0.354 e. The van der Waals surface area contributed by atoms with Crippen LogP contribution >= 0.6 is 0 Å². The third-order valence-corrected chi connectivity index (χ3v) is 2.65. The number of pyridine rings is 2. The van der Waals surface area contributed by atoms with E-state index in [0.717, 1.165) is 22.3 Å². The molecule has 2 aromatic heterocycles.